The summed E-state index contributed by atoms with van der Waals surface area (Å²) in [4.78, 5) is 6.42. The molecule has 2 saturated heterocycles. The van der Waals surface area contributed by atoms with E-state index in [1.807, 2.05) is 19.1 Å². The number of hydroxylamine groups is 3. The molecule has 1 N–H and O–H groups in total. The van der Waals surface area contributed by atoms with Crippen LogP contribution >= 0.6 is 0 Å². The van der Waals surface area contributed by atoms with Crippen LogP contribution in [0.15, 0.2) is 42.7 Å². The number of quaternary nitrogens is 1. The van der Waals surface area contributed by atoms with Crippen molar-refractivity contribution in [2.45, 2.75) is 13.0 Å². The number of nitrogens with one attached hydrogen (secondary N) is 1. The molecule has 0 spiro atoms. The highest BCUT2D eigenvalue weighted by atomic mass is 19.1. The van der Waals surface area contributed by atoms with Crippen LogP contribution in [0.2, 0.25) is 0 Å². The zero-order chi connectivity index (χ0) is 22.3. The van der Waals surface area contributed by atoms with Gasteiger partial charge in [0.1, 0.15) is 37.2 Å². The molecule has 10 heteroatoms. The number of ether oxygens (including phenoxy) is 1. The van der Waals surface area contributed by atoms with Gasteiger partial charge in [-0.2, -0.15) is 4.98 Å². The number of rotatable bonds is 5. The van der Waals surface area contributed by atoms with Gasteiger partial charge in [0.15, 0.2) is 0 Å². The van der Waals surface area contributed by atoms with Crippen LogP contribution in [0.1, 0.15) is 5.56 Å². The van der Waals surface area contributed by atoms with Crippen molar-refractivity contribution in [3.63, 3.8) is 0 Å². The average molecular weight is 442 g/mol. The summed E-state index contributed by atoms with van der Waals surface area (Å²) < 4.78 is 33.3. The van der Waals surface area contributed by atoms with E-state index in [0.29, 0.717) is 45.3 Å². The number of piperazine rings is 1. The van der Waals surface area contributed by atoms with Crippen molar-refractivity contribution in [1.82, 2.24) is 14.8 Å². The Morgan fingerprint density at radius 1 is 1.03 bits per heavy atom. The van der Waals surface area contributed by atoms with E-state index in [1.165, 1.54) is 23.1 Å². The number of nitrogens with zero attached hydrogens (tertiary/aromatic N) is 5. The van der Waals surface area contributed by atoms with Gasteiger partial charge in [0.25, 0.3) is 0 Å². The first-order chi connectivity index (χ1) is 15.4. The molecule has 5 rings (SSSR count). The fourth-order valence-electron chi connectivity index (χ4n) is 4.18. The molecular formula is C22H24F2N6O2. The predicted molar refractivity (Wildman–Crippen MR) is 116 cm³/mol. The summed E-state index contributed by atoms with van der Waals surface area (Å²) in [7, 11) is 0. The summed E-state index contributed by atoms with van der Waals surface area (Å²) in [5, 5.41) is 20.4. The molecule has 0 aliphatic carbocycles. The van der Waals surface area contributed by atoms with E-state index >= 15 is 0 Å². The third-order valence-electron chi connectivity index (χ3n) is 6.07. The van der Waals surface area contributed by atoms with E-state index < -0.39 is 11.6 Å². The number of halogens is 2. The van der Waals surface area contributed by atoms with Gasteiger partial charge in [-0.05, 0) is 42.8 Å². The molecule has 0 radical (unpaired) electrons. The van der Waals surface area contributed by atoms with E-state index in [1.54, 1.807) is 0 Å². The van der Waals surface area contributed by atoms with Gasteiger partial charge in [0.05, 0.1) is 31.9 Å². The summed E-state index contributed by atoms with van der Waals surface area (Å²) in [6, 6.07) is 9.30. The van der Waals surface area contributed by atoms with Gasteiger partial charge >= 0.3 is 0 Å². The first kappa shape index (κ1) is 20.8. The lowest BCUT2D eigenvalue weighted by Gasteiger charge is -2.55. The highest BCUT2D eigenvalue weighted by molar-refractivity contribution is 5.64. The lowest BCUT2D eigenvalue weighted by Crippen LogP contribution is -2.66. The van der Waals surface area contributed by atoms with E-state index in [9.17, 15) is 14.0 Å². The minimum Gasteiger partial charge on any atom is -0.632 e. The molecule has 0 bridgehead atoms. The molecule has 2 aliphatic heterocycles. The van der Waals surface area contributed by atoms with Crippen molar-refractivity contribution in [2.75, 3.05) is 49.6 Å². The normalized spacial score (nSPS) is 18.4. The first-order valence-corrected chi connectivity index (χ1v) is 10.6. The van der Waals surface area contributed by atoms with Gasteiger partial charge in [-0.25, -0.2) is 13.5 Å². The molecule has 8 nitrogen and oxygen atoms in total. The molecule has 168 valence electrons. The Hall–Kier alpha value is -3.08. The fourth-order valence-corrected chi connectivity index (χ4v) is 4.18. The second-order valence-electron chi connectivity index (χ2n) is 8.40. The van der Waals surface area contributed by atoms with Gasteiger partial charge in [-0.15, -0.1) is 5.10 Å². The lowest BCUT2D eigenvalue weighted by molar-refractivity contribution is -0.915. The van der Waals surface area contributed by atoms with Crippen molar-refractivity contribution in [3.8, 4) is 5.69 Å². The van der Waals surface area contributed by atoms with Gasteiger partial charge in [0, 0.05) is 17.4 Å². The van der Waals surface area contributed by atoms with E-state index in [0.717, 1.165) is 23.0 Å². The summed E-state index contributed by atoms with van der Waals surface area (Å²) in [5.41, 5.74) is 3.12. The second kappa shape index (κ2) is 8.12. The van der Waals surface area contributed by atoms with Gasteiger partial charge in [-0.1, -0.05) is 0 Å². The maximum Gasteiger partial charge on any atom is 0.246 e. The van der Waals surface area contributed by atoms with Crippen LogP contribution < -0.4 is 10.2 Å². The monoisotopic (exact) mass is 442 g/mol. The molecule has 3 heterocycles. The molecule has 2 aliphatic rings. The Kier molecular flexibility index (Phi) is 5.28. The molecule has 0 atom stereocenters. The number of benzene rings is 2. The standard InChI is InChI=1S/C22H24F2N6O2/c1-15-6-18(26-22-25-14-29(27-22)20-9-16(23)8-17(24)10-20)11-19(7-15)28-2-4-30(31,5-3-28)21-12-32-13-21/h6-11,14,21H,2-5,12-13H2,1H3,(H,26,27). The molecule has 2 aromatic carbocycles. The Bertz CT molecular complexity index is 1110. The Balaban J connectivity index is 1.30. The summed E-state index contributed by atoms with van der Waals surface area (Å²) in [6.07, 6.45) is 1.40. The van der Waals surface area contributed by atoms with Crippen LogP contribution in [0.25, 0.3) is 5.69 Å². The first-order valence-electron chi connectivity index (χ1n) is 10.6. The van der Waals surface area contributed by atoms with Crippen LogP contribution in [0.3, 0.4) is 0 Å². The highest BCUT2D eigenvalue weighted by Crippen LogP contribution is 2.28. The molecule has 0 saturated carbocycles. The molecule has 0 amide bonds. The van der Waals surface area contributed by atoms with Gasteiger partial charge in [0.2, 0.25) is 5.95 Å². The van der Waals surface area contributed by atoms with Crippen molar-refractivity contribution in [1.29, 1.82) is 0 Å². The van der Waals surface area contributed by atoms with Gasteiger partial charge < -0.3 is 24.8 Å². The molecule has 2 fully saturated rings. The second-order valence-corrected chi connectivity index (χ2v) is 8.40. The summed E-state index contributed by atoms with van der Waals surface area (Å²) >= 11 is 0. The zero-order valence-electron chi connectivity index (χ0n) is 17.7. The third kappa shape index (κ3) is 4.16. The quantitative estimate of drug-likeness (QED) is 0.483. The average Bonchev–Trinajstić information content (AvgIpc) is 3.14. The predicted octanol–water partition coefficient (Wildman–Crippen LogP) is 3.13. The largest absolute Gasteiger partial charge is 0.632 e. The van der Waals surface area contributed by atoms with Crippen LogP contribution in [0.4, 0.5) is 26.1 Å². The molecule has 0 unspecified atom stereocenters. The number of aromatic nitrogens is 3. The fraction of sp³-hybridized carbons (Fsp3) is 0.364. The maximum absolute atomic E-state index is 13.5. The third-order valence-corrected chi connectivity index (χ3v) is 6.07. The van der Waals surface area contributed by atoms with E-state index in [2.05, 4.69) is 26.4 Å². The van der Waals surface area contributed by atoms with E-state index in [4.69, 9.17) is 4.74 Å². The Morgan fingerprint density at radius 3 is 2.41 bits per heavy atom. The smallest absolute Gasteiger partial charge is 0.246 e. The van der Waals surface area contributed by atoms with E-state index in [-0.39, 0.29) is 16.4 Å². The SMILES string of the molecule is Cc1cc(Nc2ncn(-c3cc(F)cc(F)c3)n2)cc(N2CC[N+]([O-])(C3COC3)CC2)c1. The van der Waals surface area contributed by atoms with Crippen molar-refractivity contribution < 1.29 is 18.2 Å². The number of hydrogen-bond donors (Lipinski definition) is 1. The maximum atomic E-state index is 13.5. The summed E-state index contributed by atoms with van der Waals surface area (Å²) in [6.45, 7) is 5.57. The van der Waals surface area contributed by atoms with Crippen LogP contribution in [-0.4, -0.2) is 64.8 Å². The zero-order valence-corrected chi connectivity index (χ0v) is 17.7. The Labute approximate surface area is 184 Å². The topological polar surface area (TPSA) is 78.3 Å². The molecule has 1 aromatic heterocycles. The van der Waals surface area contributed by atoms with Crippen molar-refractivity contribution in [3.05, 3.63) is 65.1 Å². The molecule has 3 aromatic rings. The summed E-state index contributed by atoms with van der Waals surface area (Å²) in [5.74, 6) is -1.05. The van der Waals surface area contributed by atoms with Crippen LogP contribution in [0, 0.1) is 23.8 Å². The minimum absolute atomic E-state index is 0.0691. The minimum atomic E-state index is -0.680. The van der Waals surface area contributed by atoms with Crippen LogP contribution in [0.5, 0.6) is 0 Å². The Morgan fingerprint density at radius 2 is 1.75 bits per heavy atom. The van der Waals surface area contributed by atoms with Crippen LogP contribution in [-0.2, 0) is 4.74 Å². The number of anilines is 3. The van der Waals surface area contributed by atoms with Gasteiger partial charge in [-0.3, -0.25) is 0 Å². The molecular weight excluding hydrogens is 418 g/mol. The van der Waals surface area contributed by atoms with Crippen molar-refractivity contribution >= 4 is 17.3 Å². The molecule has 32 heavy (non-hydrogen) atoms. The number of aryl methyl sites for hydroxylation is 1. The lowest BCUT2D eigenvalue weighted by atomic mass is 10.1. The van der Waals surface area contributed by atoms with Crippen molar-refractivity contribution in [2.24, 2.45) is 0 Å². The highest BCUT2D eigenvalue weighted by Gasteiger charge is 2.38. The number of hydrogen-bond acceptors (Lipinski definition) is 6.